The molecule has 0 bridgehead atoms. The standard InChI is InChI=1S/C21H22ClN5O3/c1-26(10-11-28)21(30)27-8-6-14(7-9-27)13-2-4-15(5-3-13)18-16(22)12-17-19(24-18)25-20(29)23-17/h2-6,12,28H,7-11H2,1H3,(H2,23,24,25,29). The van der Waals surface area contributed by atoms with Gasteiger partial charge in [0, 0.05) is 32.2 Å². The minimum Gasteiger partial charge on any atom is -0.480 e. The van der Waals surface area contributed by atoms with Gasteiger partial charge in [0.05, 0.1) is 22.8 Å². The Bertz CT molecular complexity index is 1110. The van der Waals surface area contributed by atoms with Crippen molar-refractivity contribution in [3.05, 3.63) is 47.0 Å². The van der Waals surface area contributed by atoms with Gasteiger partial charge >= 0.3 is 6.03 Å². The minimum atomic E-state index is -0.194. The monoisotopic (exact) mass is 427 g/mol. The average molecular weight is 428 g/mol. The maximum atomic E-state index is 12.3. The number of pyridine rings is 1. The number of rotatable bonds is 4. The molecular weight excluding hydrogens is 406 g/mol. The van der Waals surface area contributed by atoms with E-state index in [2.05, 4.69) is 21.0 Å². The lowest BCUT2D eigenvalue weighted by molar-refractivity contribution is 0.155. The number of halogens is 1. The fourth-order valence-electron chi connectivity index (χ4n) is 3.54. The number of hydrogen-bond acceptors (Lipinski definition) is 5. The Kier molecular flexibility index (Phi) is 5.61. The average Bonchev–Trinajstić information content (AvgIpc) is 3.12. The topological polar surface area (TPSA) is 106 Å². The summed E-state index contributed by atoms with van der Waals surface area (Å²) in [5.74, 6) is 0. The third-order valence-corrected chi connectivity index (χ3v) is 5.47. The van der Waals surface area contributed by atoms with Gasteiger partial charge in [0.2, 0.25) is 0 Å². The highest BCUT2D eigenvalue weighted by Gasteiger charge is 2.20. The number of aliphatic hydroxyl groups is 1. The zero-order valence-corrected chi connectivity index (χ0v) is 17.2. The molecule has 0 spiro atoms. The lowest BCUT2D eigenvalue weighted by Gasteiger charge is -2.30. The Morgan fingerprint density at radius 2 is 2.00 bits per heavy atom. The summed E-state index contributed by atoms with van der Waals surface area (Å²) in [6.07, 6.45) is 2.82. The molecule has 2 aromatic heterocycles. The largest absolute Gasteiger partial charge is 0.480 e. The van der Waals surface area contributed by atoms with Crippen molar-refractivity contribution in [1.29, 1.82) is 0 Å². The zero-order valence-electron chi connectivity index (χ0n) is 16.5. The van der Waals surface area contributed by atoms with Gasteiger partial charge in [0.15, 0.2) is 5.65 Å². The number of carbonyl (C=O) groups excluding carboxylic acids is 1. The van der Waals surface area contributed by atoms with Gasteiger partial charge in [-0.1, -0.05) is 41.9 Å². The molecule has 156 valence electrons. The van der Waals surface area contributed by atoms with Gasteiger partial charge in [-0.15, -0.1) is 0 Å². The van der Waals surface area contributed by atoms with Gasteiger partial charge in [-0.05, 0) is 23.6 Å². The van der Waals surface area contributed by atoms with Crippen LogP contribution >= 0.6 is 11.6 Å². The van der Waals surface area contributed by atoms with E-state index < -0.39 is 0 Å². The molecule has 0 saturated heterocycles. The molecule has 0 atom stereocenters. The second-order valence-electron chi connectivity index (χ2n) is 7.18. The molecule has 2 amide bonds. The van der Waals surface area contributed by atoms with E-state index in [9.17, 15) is 9.90 Å². The molecule has 0 aliphatic carbocycles. The number of imidazole rings is 1. The molecule has 8 nitrogen and oxygen atoms in total. The van der Waals surface area contributed by atoms with E-state index >= 15 is 0 Å². The first-order valence-corrected chi connectivity index (χ1v) is 10.00. The molecule has 3 heterocycles. The Labute approximate surface area is 178 Å². The SMILES string of the molecule is CN(CCO)C(=O)N1CC=C(c2ccc(-c3nc4nc(O)[nH]c4cc3Cl)cc2)CC1. The van der Waals surface area contributed by atoms with Crippen molar-refractivity contribution in [2.24, 2.45) is 0 Å². The number of H-pyrrole nitrogens is 1. The second kappa shape index (κ2) is 8.33. The van der Waals surface area contributed by atoms with Crippen LogP contribution in [0.15, 0.2) is 36.4 Å². The van der Waals surface area contributed by atoms with E-state index in [1.807, 2.05) is 24.3 Å². The van der Waals surface area contributed by atoms with E-state index in [-0.39, 0.29) is 18.6 Å². The van der Waals surface area contributed by atoms with Crippen LogP contribution in [0.3, 0.4) is 0 Å². The van der Waals surface area contributed by atoms with Crippen LogP contribution < -0.4 is 0 Å². The van der Waals surface area contributed by atoms with Crippen molar-refractivity contribution in [1.82, 2.24) is 24.8 Å². The van der Waals surface area contributed by atoms with Crippen molar-refractivity contribution in [2.75, 3.05) is 33.3 Å². The van der Waals surface area contributed by atoms with Gasteiger partial charge in [-0.3, -0.25) is 0 Å². The van der Waals surface area contributed by atoms with Crippen molar-refractivity contribution in [3.63, 3.8) is 0 Å². The minimum absolute atomic E-state index is 0.0450. The number of amides is 2. The Balaban J connectivity index is 1.50. The molecule has 0 unspecified atom stereocenters. The maximum Gasteiger partial charge on any atom is 0.320 e. The van der Waals surface area contributed by atoms with Crippen LogP contribution in [0.25, 0.3) is 28.0 Å². The van der Waals surface area contributed by atoms with E-state index in [4.69, 9.17) is 16.7 Å². The molecule has 0 fully saturated rings. The number of likely N-dealkylation sites (N-methyl/N-ethyl adjacent to an activating group) is 1. The molecule has 30 heavy (non-hydrogen) atoms. The second-order valence-corrected chi connectivity index (χ2v) is 7.59. The molecule has 3 aromatic rings. The Morgan fingerprint density at radius 3 is 2.67 bits per heavy atom. The van der Waals surface area contributed by atoms with Crippen LogP contribution in [0.5, 0.6) is 6.01 Å². The fourth-order valence-corrected chi connectivity index (χ4v) is 3.80. The van der Waals surface area contributed by atoms with Crippen LogP contribution in [0.1, 0.15) is 12.0 Å². The highest BCUT2D eigenvalue weighted by molar-refractivity contribution is 6.33. The number of aromatic hydroxyl groups is 1. The Morgan fingerprint density at radius 1 is 1.27 bits per heavy atom. The third kappa shape index (κ3) is 3.96. The highest BCUT2D eigenvalue weighted by Crippen LogP contribution is 2.31. The number of urea groups is 1. The summed E-state index contributed by atoms with van der Waals surface area (Å²) in [6, 6.07) is 9.37. The van der Waals surface area contributed by atoms with Crippen LogP contribution in [0.2, 0.25) is 5.02 Å². The van der Waals surface area contributed by atoms with Gasteiger partial charge in [-0.2, -0.15) is 4.98 Å². The van der Waals surface area contributed by atoms with E-state index in [0.29, 0.717) is 41.5 Å². The van der Waals surface area contributed by atoms with E-state index in [1.54, 1.807) is 18.0 Å². The lowest BCUT2D eigenvalue weighted by Crippen LogP contribution is -2.44. The summed E-state index contributed by atoms with van der Waals surface area (Å²) in [4.78, 5) is 26.7. The first-order chi connectivity index (χ1) is 14.5. The Hall–Kier alpha value is -3.10. The number of benzene rings is 1. The number of fused-ring (bicyclic) bond motifs is 1. The maximum absolute atomic E-state index is 12.3. The molecule has 3 N–H and O–H groups in total. The first kappa shape index (κ1) is 20.2. The van der Waals surface area contributed by atoms with Gasteiger partial charge in [0.25, 0.3) is 6.01 Å². The summed E-state index contributed by atoms with van der Waals surface area (Å²) < 4.78 is 0. The number of aliphatic hydroxyl groups excluding tert-OH is 1. The molecule has 1 aromatic carbocycles. The van der Waals surface area contributed by atoms with Crippen molar-refractivity contribution < 1.29 is 15.0 Å². The number of nitrogens with zero attached hydrogens (tertiary/aromatic N) is 4. The summed E-state index contributed by atoms with van der Waals surface area (Å²) in [5, 5.41) is 19.0. The summed E-state index contributed by atoms with van der Waals surface area (Å²) in [6.45, 7) is 1.46. The number of hydrogen-bond donors (Lipinski definition) is 3. The normalized spacial score (nSPS) is 14.1. The van der Waals surface area contributed by atoms with Crippen molar-refractivity contribution >= 4 is 34.4 Å². The quantitative estimate of drug-likeness (QED) is 0.593. The molecular formula is C21H22ClN5O3. The predicted octanol–water partition coefficient (Wildman–Crippen LogP) is 3.12. The molecule has 0 saturated carbocycles. The van der Waals surface area contributed by atoms with Crippen LogP contribution in [-0.2, 0) is 0 Å². The van der Waals surface area contributed by atoms with Gasteiger partial charge in [0.1, 0.15) is 0 Å². The molecule has 9 heteroatoms. The van der Waals surface area contributed by atoms with Crippen LogP contribution in [0, 0.1) is 0 Å². The fraction of sp³-hybridized carbons (Fsp3) is 0.286. The number of aromatic nitrogens is 3. The molecule has 1 aliphatic heterocycles. The summed E-state index contributed by atoms with van der Waals surface area (Å²) in [5.41, 5.74) is 4.71. The molecule has 0 radical (unpaired) electrons. The van der Waals surface area contributed by atoms with Gasteiger partial charge < -0.3 is 25.0 Å². The predicted molar refractivity (Wildman–Crippen MR) is 115 cm³/mol. The zero-order chi connectivity index (χ0) is 21.3. The lowest BCUT2D eigenvalue weighted by atomic mass is 9.98. The summed E-state index contributed by atoms with van der Waals surface area (Å²) in [7, 11) is 1.69. The van der Waals surface area contributed by atoms with Crippen LogP contribution in [0.4, 0.5) is 4.79 Å². The number of nitrogens with one attached hydrogen (secondary N) is 1. The number of aromatic amines is 1. The summed E-state index contributed by atoms with van der Waals surface area (Å²) >= 11 is 6.37. The smallest absolute Gasteiger partial charge is 0.320 e. The van der Waals surface area contributed by atoms with Gasteiger partial charge in [-0.25, -0.2) is 9.78 Å². The molecule has 4 rings (SSSR count). The highest BCUT2D eigenvalue weighted by atomic mass is 35.5. The third-order valence-electron chi connectivity index (χ3n) is 5.18. The van der Waals surface area contributed by atoms with Crippen molar-refractivity contribution in [2.45, 2.75) is 6.42 Å². The number of carbonyl (C=O) groups is 1. The molecule has 1 aliphatic rings. The van der Waals surface area contributed by atoms with E-state index in [0.717, 1.165) is 17.5 Å². The first-order valence-electron chi connectivity index (χ1n) is 9.62. The van der Waals surface area contributed by atoms with E-state index in [1.165, 1.54) is 10.5 Å². The van der Waals surface area contributed by atoms with Crippen LogP contribution in [-0.4, -0.2) is 74.3 Å². The van der Waals surface area contributed by atoms with Crippen molar-refractivity contribution in [3.8, 4) is 17.3 Å².